The molecule has 0 rings (SSSR count). The molecule has 0 amide bonds. The maximum atomic E-state index is 12.8. The number of ether oxygens (including phenoxy) is 3. The lowest BCUT2D eigenvalue weighted by Crippen LogP contribution is -2.30. The lowest BCUT2D eigenvalue weighted by Gasteiger charge is -2.18. The summed E-state index contributed by atoms with van der Waals surface area (Å²) in [6.07, 6.45) is 56.3. The van der Waals surface area contributed by atoms with Crippen LogP contribution in [0.3, 0.4) is 0 Å². The first-order valence-electron chi connectivity index (χ1n) is 27.2. The molecule has 0 aliphatic rings. The first kappa shape index (κ1) is 59.1. The van der Waals surface area contributed by atoms with Gasteiger partial charge in [0.2, 0.25) is 0 Å². The van der Waals surface area contributed by atoms with Crippen molar-refractivity contribution in [1.82, 2.24) is 0 Å². The molecule has 0 fully saturated rings. The van der Waals surface area contributed by atoms with E-state index in [1.165, 1.54) is 193 Å². The molecule has 0 aliphatic heterocycles. The fourth-order valence-electron chi connectivity index (χ4n) is 8.15. The van der Waals surface area contributed by atoms with Gasteiger partial charge in [-0.05, 0) is 38.5 Å². The average Bonchev–Trinajstić information content (AvgIpc) is 3.26. The van der Waals surface area contributed by atoms with Gasteiger partial charge in [0, 0.05) is 19.3 Å². The summed E-state index contributed by atoms with van der Waals surface area (Å²) in [7, 11) is 0. The summed E-state index contributed by atoms with van der Waals surface area (Å²) in [5.41, 5.74) is 0. The monoisotopic (exact) mass is 861 g/mol. The van der Waals surface area contributed by atoms with E-state index in [1.54, 1.807) is 0 Å². The normalized spacial score (nSPS) is 12.0. The van der Waals surface area contributed by atoms with Crippen LogP contribution in [0.1, 0.15) is 303 Å². The lowest BCUT2D eigenvalue weighted by molar-refractivity contribution is -0.167. The summed E-state index contributed by atoms with van der Waals surface area (Å²) in [5, 5.41) is 0. The van der Waals surface area contributed by atoms with Crippen LogP contribution < -0.4 is 0 Å². The molecule has 0 aromatic heterocycles. The highest BCUT2D eigenvalue weighted by Crippen LogP contribution is 2.17. The number of allylic oxidation sites excluding steroid dienone is 2. The Kier molecular flexibility index (Phi) is 49.3. The van der Waals surface area contributed by atoms with Crippen molar-refractivity contribution in [2.75, 3.05) is 13.2 Å². The topological polar surface area (TPSA) is 78.9 Å². The molecule has 0 aliphatic carbocycles. The zero-order valence-electron chi connectivity index (χ0n) is 41.2. The summed E-state index contributed by atoms with van der Waals surface area (Å²) < 4.78 is 16.8. The zero-order chi connectivity index (χ0) is 44.4. The van der Waals surface area contributed by atoms with Gasteiger partial charge in [0.05, 0.1) is 0 Å². The molecule has 360 valence electrons. The van der Waals surface area contributed by atoms with Crippen molar-refractivity contribution in [3.05, 3.63) is 12.2 Å². The van der Waals surface area contributed by atoms with Crippen molar-refractivity contribution in [2.24, 2.45) is 0 Å². The van der Waals surface area contributed by atoms with Crippen molar-refractivity contribution in [3.63, 3.8) is 0 Å². The van der Waals surface area contributed by atoms with Crippen molar-refractivity contribution in [2.45, 2.75) is 309 Å². The Morgan fingerprint density at radius 2 is 0.574 bits per heavy atom. The van der Waals surface area contributed by atoms with Gasteiger partial charge in [0.1, 0.15) is 13.2 Å². The van der Waals surface area contributed by atoms with Crippen LogP contribution in [0.4, 0.5) is 0 Å². The predicted octanol–water partition coefficient (Wildman–Crippen LogP) is 17.8. The summed E-state index contributed by atoms with van der Waals surface area (Å²) in [4.78, 5) is 38.0. The van der Waals surface area contributed by atoms with Crippen molar-refractivity contribution in [1.29, 1.82) is 0 Å². The van der Waals surface area contributed by atoms with Crippen molar-refractivity contribution in [3.8, 4) is 0 Å². The maximum absolute atomic E-state index is 12.8. The fourth-order valence-corrected chi connectivity index (χ4v) is 8.15. The Hall–Kier alpha value is -1.85. The first-order valence-corrected chi connectivity index (χ1v) is 27.2. The second-order valence-corrected chi connectivity index (χ2v) is 18.5. The van der Waals surface area contributed by atoms with Gasteiger partial charge in [-0.25, -0.2) is 0 Å². The Morgan fingerprint density at radius 1 is 0.311 bits per heavy atom. The molecule has 0 aromatic rings. The summed E-state index contributed by atoms with van der Waals surface area (Å²) >= 11 is 0. The van der Waals surface area contributed by atoms with E-state index in [0.29, 0.717) is 19.3 Å². The molecule has 1 unspecified atom stereocenters. The third-order valence-electron chi connectivity index (χ3n) is 12.3. The smallest absolute Gasteiger partial charge is 0.306 e. The third-order valence-corrected chi connectivity index (χ3v) is 12.3. The highest BCUT2D eigenvalue weighted by Gasteiger charge is 2.19. The minimum absolute atomic E-state index is 0.0670. The van der Waals surface area contributed by atoms with E-state index in [9.17, 15) is 14.4 Å². The van der Waals surface area contributed by atoms with Gasteiger partial charge in [0.25, 0.3) is 0 Å². The van der Waals surface area contributed by atoms with Crippen molar-refractivity contribution >= 4 is 17.9 Å². The van der Waals surface area contributed by atoms with Crippen LogP contribution in [-0.4, -0.2) is 37.2 Å². The number of carbonyl (C=O) groups is 3. The zero-order valence-corrected chi connectivity index (χ0v) is 41.2. The molecule has 0 N–H and O–H groups in total. The molecule has 0 saturated heterocycles. The molecule has 6 nitrogen and oxygen atoms in total. The van der Waals surface area contributed by atoms with E-state index in [2.05, 4.69) is 32.9 Å². The SMILES string of the molecule is CCC/C=C\CCCCCCCC(=O)OCC(COC(=O)CCCCCCCCCCCCCCCCCCC)OC(=O)CCCCCCCCCCCCCCCCCC. The van der Waals surface area contributed by atoms with Crippen LogP contribution in [0.5, 0.6) is 0 Å². The lowest BCUT2D eigenvalue weighted by atomic mass is 10.0. The average molecular weight is 861 g/mol. The van der Waals surface area contributed by atoms with Gasteiger partial charge in [-0.1, -0.05) is 258 Å². The quantitative estimate of drug-likeness (QED) is 0.0262. The molecule has 0 heterocycles. The molecule has 0 spiro atoms. The molecule has 0 saturated carbocycles. The summed E-state index contributed by atoms with van der Waals surface area (Å²) in [6.45, 7) is 6.62. The van der Waals surface area contributed by atoms with Crippen LogP contribution in [0.15, 0.2) is 12.2 Å². The number of rotatable bonds is 50. The molecular weight excluding hydrogens is 757 g/mol. The molecule has 0 aromatic carbocycles. The van der Waals surface area contributed by atoms with E-state index in [1.807, 2.05) is 0 Å². The van der Waals surface area contributed by atoms with E-state index in [4.69, 9.17) is 14.2 Å². The van der Waals surface area contributed by atoms with Crippen LogP contribution in [0, 0.1) is 0 Å². The van der Waals surface area contributed by atoms with E-state index >= 15 is 0 Å². The number of carbonyl (C=O) groups excluding carboxylic acids is 3. The van der Waals surface area contributed by atoms with Crippen LogP contribution in [0.25, 0.3) is 0 Å². The minimum atomic E-state index is -0.766. The standard InChI is InChI=1S/C55H104O6/c1-4-7-10-13-16-19-22-24-26-28-30-31-33-36-39-42-45-48-54(57)60-51-52(50-59-53(56)47-44-41-38-35-21-18-15-12-9-6-3)61-55(58)49-46-43-40-37-34-32-29-27-25-23-20-17-14-11-8-5-2/h12,15,52H,4-11,13-14,16-51H2,1-3H3/b15-12-. The molecule has 61 heavy (non-hydrogen) atoms. The minimum Gasteiger partial charge on any atom is -0.462 e. The largest absolute Gasteiger partial charge is 0.462 e. The summed E-state index contributed by atoms with van der Waals surface area (Å²) in [5.74, 6) is -0.858. The molecule has 1 atom stereocenters. The summed E-state index contributed by atoms with van der Waals surface area (Å²) in [6, 6.07) is 0. The van der Waals surface area contributed by atoms with E-state index < -0.39 is 6.10 Å². The fraction of sp³-hybridized carbons (Fsp3) is 0.909. The van der Waals surface area contributed by atoms with Gasteiger partial charge in [-0.3, -0.25) is 14.4 Å². The van der Waals surface area contributed by atoms with Crippen molar-refractivity contribution < 1.29 is 28.6 Å². The van der Waals surface area contributed by atoms with Gasteiger partial charge in [0.15, 0.2) is 6.10 Å². The van der Waals surface area contributed by atoms with E-state index in [0.717, 1.165) is 70.6 Å². The Balaban J connectivity index is 4.26. The molecule has 6 heteroatoms. The first-order chi connectivity index (χ1) is 30.0. The third kappa shape index (κ3) is 49.0. The Labute approximate surface area is 380 Å². The number of unbranched alkanes of at least 4 members (excludes halogenated alkanes) is 37. The highest BCUT2D eigenvalue weighted by atomic mass is 16.6. The number of hydrogen-bond acceptors (Lipinski definition) is 6. The van der Waals surface area contributed by atoms with Gasteiger partial charge < -0.3 is 14.2 Å². The molecule has 0 radical (unpaired) electrons. The van der Waals surface area contributed by atoms with Gasteiger partial charge >= 0.3 is 17.9 Å². The van der Waals surface area contributed by atoms with Crippen LogP contribution in [0.2, 0.25) is 0 Å². The second-order valence-electron chi connectivity index (χ2n) is 18.5. The van der Waals surface area contributed by atoms with E-state index in [-0.39, 0.29) is 31.1 Å². The maximum Gasteiger partial charge on any atom is 0.306 e. The Bertz CT molecular complexity index is 947. The highest BCUT2D eigenvalue weighted by molar-refractivity contribution is 5.71. The van der Waals surface area contributed by atoms with Crippen LogP contribution >= 0.6 is 0 Å². The predicted molar refractivity (Wildman–Crippen MR) is 261 cm³/mol. The number of hydrogen-bond donors (Lipinski definition) is 0. The van der Waals surface area contributed by atoms with Gasteiger partial charge in [-0.2, -0.15) is 0 Å². The van der Waals surface area contributed by atoms with Crippen LogP contribution in [-0.2, 0) is 28.6 Å². The molecule has 0 bridgehead atoms. The molecular formula is C55H104O6. The second kappa shape index (κ2) is 50.8. The van der Waals surface area contributed by atoms with Gasteiger partial charge in [-0.15, -0.1) is 0 Å². The Morgan fingerprint density at radius 3 is 0.885 bits per heavy atom. The number of esters is 3.